The number of halogens is 3. The first kappa shape index (κ1) is 19.0. The number of fused-ring (bicyclic) bond motifs is 1. The number of hydrogen-bond acceptors (Lipinski definition) is 7. The second-order valence-electron chi connectivity index (χ2n) is 6.19. The van der Waals surface area contributed by atoms with Crippen molar-refractivity contribution in [3.8, 4) is 33.3 Å². The smallest absolute Gasteiger partial charge is 0.419 e. The number of nitrogens with zero attached hydrogens (tertiary/aromatic N) is 4. The van der Waals surface area contributed by atoms with E-state index in [0.29, 0.717) is 26.9 Å². The van der Waals surface area contributed by atoms with Gasteiger partial charge in [-0.25, -0.2) is 14.5 Å². The lowest BCUT2D eigenvalue weighted by atomic mass is 10.1. The molecule has 0 radical (unpaired) electrons. The van der Waals surface area contributed by atoms with E-state index in [1.807, 2.05) is 0 Å². The monoisotopic (exact) mass is 421 g/mol. The maximum absolute atomic E-state index is 13.2. The Kier molecular flexibility index (Phi) is 4.34. The number of pyridine rings is 1. The minimum absolute atomic E-state index is 0.0123. The summed E-state index contributed by atoms with van der Waals surface area (Å²) in [5.41, 5.74) is 6.17. The van der Waals surface area contributed by atoms with Crippen molar-refractivity contribution < 1.29 is 23.0 Å². The number of aryl methyl sites for hydroxylation is 1. The molecular formula is C18H14F3N5O2S. The van der Waals surface area contributed by atoms with E-state index in [0.717, 1.165) is 6.07 Å². The highest BCUT2D eigenvalue weighted by Gasteiger charge is 2.34. The van der Waals surface area contributed by atoms with E-state index < -0.39 is 17.6 Å². The molecule has 0 atom stereocenters. The molecule has 3 N–H and O–H groups in total. The number of methoxy groups -OCH3 is 1. The van der Waals surface area contributed by atoms with Crippen molar-refractivity contribution in [2.24, 2.45) is 0 Å². The van der Waals surface area contributed by atoms with E-state index in [-0.39, 0.29) is 17.1 Å². The Morgan fingerprint density at radius 3 is 2.66 bits per heavy atom. The fraction of sp³-hybridized carbons (Fsp3) is 0.167. The molecule has 0 saturated carbocycles. The van der Waals surface area contributed by atoms with Crippen LogP contribution in [0, 0.1) is 6.92 Å². The zero-order chi connectivity index (χ0) is 20.9. The van der Waals surface area contributed by atoms with E-state index in [1.165, 1.54) is 35.2 Å². The average molecular weight is 421 g/mol. The molecule has 0 aliphatic heterocycles. The molecule has 0 saturated heterocycles. The predicted octanol–water partition coefficient (Wildman–Crippen LogP) is 4.14. The molecule has 29 heavy (non-hydrogen) atoms. The van der Waals surface area contributed by atoms with Gasteiger partial charge in [0.15, 0.2) is 11.5 Å². The highest BCUT2D eigenvalue weighted by atomic mass is 32.1. The first-order valence-corrected chi connectivity index (χ1v) is 9.07. The molecule has 0 bridgehead atoms. The van der Waals surface area contributed by atoms with Crippen molar-refractivity contribution in [3.05, 3.63) is 41.7 Å². The first-order chi connectivity index (χ1) is 13.7. The van der Waals surface area contributed by atoms with Gasteiger partial charge in [0.25, 0.3) is 0 Å². The lowest BCUT2D eigenvalue weighted by Gasteiger charge is -2.10. The lowest BCUT2D eigenvalue weighted by molar-refractivity contribution is -0.137. The van der Waals surface area contributed by atoms with Gasteiger partial charge in [-0.2, -0.15) is 18.3 Å². The van der Waals surface area contributed by atoms with Gasteiger partial charge >= 0.3 is 6.18 Å². The van der Waals surface area contributed by atoms with Gasteiger partial charge in [0, 0.05) is 17.3 Å². The summed E-state index contributed by atoms with van der Waals surface area (Å²) in [4.78, 5) is 8.61. The summed E-state index contributed by atoms with van der Waals surface area (Å²) in [6.07, 6.45) is -3.36. The summed E-state index contributed by atoms with van der Waals surface area (Å²) >= 11 is 1.25. The van der Waals surface area contributed by atoms with Crippen LogP contribution in [0.25, 0.3) is 26.8 Å². The molecule has 0 aliphatic carbocycles. The maximum atomic E-state index is 13.2. The van der Waals surface area contributed by atoms with Crippen LogP contribution >= 0.6 is 11.3 Å². The third-order valence-electron chi connectivity index (χ3n) is 4.30. The van der Waals surface area contributed by atoms with Crippen molar-refractivity contribution in [1.82, 2.24) is 19.6 Å². The number of phenols is 1. The van der Waals surface area contributed by atoms with Gasteiger partial charge in [0.05, 0.1) is 24.1 Å². The second kappa shape index (κ2) is 6.62. The number of alkyl halides is 3. The topological polar surface area (TPSA) is 98.6 Å². The molecule has 1 aromatic carbocycles. The third kappa shape index (κ3) is 3.23. The SMILES string of the molecule is COc1cc(-c2nn3c(-c4cnc(N)c(C(F)(F)F)c4)c(C)nc3s2)ccc1O. The summed E-state index contributed by atoms with van der Waals surface area (Å²) < 4.78 is 46.3. The molecule has 4 rings (SSSR count). The van der Waals surface area contributed by atoms with E-state index in [1.54, 1.807) is 19.1 Å². The Labute approximate surface area is 166 Å². The highest BCUT2D eigenvalue weighted by Crippen LogP contribution is 2.38. The lowest BCUT2D eigenvalue weighted by Crippen LogP contribution is -2.10. The first-order valence-electron chi connectivity index (χ1n) is 8.25. The molecule has 7 nitrogen and oxygen atoms in total. The number of imidazole rings is 1. The Bertz CT molecular complexity index is 1230. The summed E-state index contributed by atoms with van der Waals surface area (Å²) in [6.45, 7) is 1.68. The fourth-order valence-corrected chi connectivity index (χ4v) is 3.88. The Morgan fingerprint density at radius 1 is 1.21 bits per heavy atom. The minimum Gasteiger partial charge on any atom is -0.504 e. The van der Waals surface area contributed by atoms with Gasteiger partial charge in [-0.05, 0) is 31.2 Å². The Balaban J connectivity index is 1.86. The number of aromatic nitrogens is 4. The number of aromatic hydroxyl groups is 1. The van der Waals surface area contributed by atoms with Crippen LogP contribution in [-0.4, -0.2) is 31.8 Å². The van der Waals surface area contributed by atoms with Gasteiger partial charge in [-0.1, -0.05) is 11.3 Å². The van der Waals surface area contributed by atoms with Crippen LogP contribution in [0.1, 0.15) is 11.3 Å². The molecule has 4 aromatic rings. The van der Waals surface area contributed by atoms with Gasteiger partial charge in [-0.15, -0.1) is 0 Å². The molecule has 0 aliphatic rings. The quantitative estimate of drug-likeness (QED) is 0.516. The zero-order valence-electron chi connectivity index (χ0n) is 15.2. The van der Waals surface area contributed by atoms with Crippen molar-refractivity contribution in [2.75, 3.05) is 12.8 Å². The van der Waals surface area contributed by atoms with Crippen LogP contribution < -0.4 is 10.5 Å². The number of hydrogen-bond donors (Lipinski definition) is 2. The fourth-order valence-electron chi connectivity index (χ4n) is 2.94. The summed E-state index contributed by atoms with van der Waals surface area (Å²) in [7, 11) is 1.43. The number of ether oxygens (including phenoxy) is 1. The van der Waals surface area contributed by atoms with Crippen LogP contribution in [0.3, 0.4) is 0 Å². The molecule has 3 heterocycles. The number of anilines is 1. The third-order valence-corrected chi connectivity index (χ3v) is 5.26. The van der Waals surface area contributed by atoms with E-state index in [2.05, 4.69) is 15.1 Å². The van der Waals surface area contributed by atoms with Crippen LogP contribution in [0.4, 0.5) is 19.0 Å². The predicted molar refractivity (Wildman–Crippen MR) is 102 cm³/mol. The Morgan fingerprint density at radius 2 is 1.97 bits per heavy atom. The van der Waals surface area contributed by atoms with Gasteiger partial charge in [0.2, 0.25) is 4.96 Å². The molecule has 150 valence electrons. The molecule has 3 aromatic heterocycles. The maximum Gasteiger partial charge on any atom is 0.419 e. The highest BCUT2D eigenvalue weighted by molar-refractivity contribution is 7.19. The van der Waals surface area contributed by atoms with Crippen molar-refractivity contribution in [2.45, 2.75) is 13.1 Å². The number of rotatable bonds is 3. The van der Waals surface area contributed by atoms with E-state index >= 15 is 0 Å². The minimum atomic E-state index is -4.62. The number of phenolic OH excluding ortho intramolecular Hbond substituents is 1. The summed E-state index contributed by atoms with van der Waals surface area (Å²) in [5.74, 6) is -0.319. The number of nitrogen functional groups attached to an aromatic ring is 1. The zero-order valence-corrected chi connectivity index (χ0v) is 16.0. The molecular weight excluding hydrogens is 407 g/mol. The van der Waals surface area contributed by atoms with E-state index in [4.69, 9.17) is 10.5 Å². The molecule has 0 amide bonds. The molecule has 0 unspecified atom stereocenters. The van der Waals surface area contributed by atoms with Crippen LogP contribution in [0.5, 0.6) is 11.5 Å². The van der Waals surface area contributed by atoms with Crippen LogP contribution in [-0.2, 0) is 6.18 Å². The largest absolute Gasteiger partial charge is 0.504 e. The molecule has 0 fully saturated rings. The van der Waals surface area contributed by atoms with E-state index in [9.17, 15) is 18.3 Å². The van der Waals surface area contributed by atoms with Gasteiger partial charge in [-0.3, -0.25) is 0 Å². The van der Waals surface area contributed by atoms with Crippen LogP contribution in [0.2, 0.25) is 0 Å². The summed E-state index contributed by atoms with van der Waals surface area (Å²) in [5, 5.41) is 14.8. The van der Waals surface area contributed by atoms with Crippen molar-refractivity contribution >= 4 is 22.1 Å². The normalized spacial score (nSPS) is 11.9. The number of nitrogens with two attached hydrogens (primary N) is 1. The average Bonchev–Trinajstić information content (AvgIpc) is 3.18. The van der Waals surface area contributed by atoms with Gasteiger partial charge < -0.3 is 15.6 Å². The second-order valence-corrected chi connectivity index (χ2v) is 7.14. The van der Waals surface area contributed by atoms with Crippen LogP contribution in [0.15, 0.2) is 30.5 Å². The standard InChI is InChI=1S/C18H14F3N5O2S/c1-8-14(10-5-11(18(19,20)21)15(22)23-7-10)26-17(24-8)29-16(25-26)9-3-4-12(27)13(6-9)28-2/h3-7,27H,1-2H3,(H2,22,23). The van der Waals surface area contributed by atoms with Crippen molar-refractivity contribution in [1.29, 1.82) is 0 Å². The molecule has 11 heteroatoms. The summed E-state index contributed by atoms with van der Waals surface area (Å²) in [6, 6.07) is 5.70. The Hall–Kier alpha value is -3.34. The van der Waals surface area contributed by atoms with Crippen molar-refractivity contribution in [3.63, 3.8) is 0 Å². The van der Waals surface area contributed by atoms with Gasteiger partial charge in [0.1, 0.15) is 10.8 Å². The molecule has 0 spiro atoms. The number of benzene rings is 1.